The molecular weight excluding hydrogens is 203 g/mol. The average Bonchev–Trinajstić information content (AvgIpc) is 2.14. The van der Waals surface area contributed by atoms with Crippen molar-refractivity contribution in [2.24, 2.45) is 5.41 Å². The van der Waals surface area contributed by atoms with Gasteiger partial charge in [0.2, 0.25) is 0 Å². The van der Waals surface area contributed by atoms with Crippen LogP contribution in [0.4, 0.5) is 22.0 Å². The first-order valence-corrected chi connectivity index (χ1v) is 3.77. The minimum absolute atomic E-state index is 0.490. The van der Waals surface area contributed by atoms with Crippen LogP contribution in [0.2, 0.25) is 0 Å². The van der Waals surface area contributed by atoms with Crippen molar-refractivity contribution < 1.29 is 22.0 Å². The molecule has 0 saturated carbocycles. The SMILES string of the molecule is CC1(C)C=C(F)C(F)=C(F)C(F)=C1F. The van der Waals surface area contributed by atoms with Crippen molar-refractivity contribution in [1.82, 2.24) is 0 Å². The van der Waals surface area contributed by atoms with Gasteiger partial charge in [0, 0.05) is 5.41 Å². The summed E-state index contributed by atoms with van der Waals surface area (Å²) < 4.78 is 63.8. The minimum Gasteiger partial charge on any atom is -0.208 e. The van der Waals surface area contributed by atoms with E-state index in [4.69, 9.17) is 0 Å². The molecule has 0 nitrogen and oxygen atoms in total. The zero-order chi connectivity index (χ0) is 11.1. The molecule has 0 aromatic heterocycles. The van der Waals surface area contributed by atoms with Crippen LogP contribution in [0.15, 0.2) is 35.2 Å². The fraction of sp³-hybridized carbons (Fsp3) is 0.333. The summed E-state index contributed by atoms with van der Waals surface area (Å²) in [5.41, 5.74) is -1.70. The fourth-order valence-electron chi connectivity index (χ4n) is 1.02. The van der Waals surface area contributed by atoms with Crippen molar-refractivity contribution in [2.75, 3.05) is 0 Å². The summed E-state index contributed by atoms with van der Waals surface area (Å²) in [6, 6.07) is 0. The molecule has 1 rings (SSSR count). The fourth-order valence-corrected chi connectivity index (χ4v) is 1.02. The molecule has 0 aromatic rings. The third-order valence-corrected chi connectivity index (χ3v) is 1.84. The van der Waals surface area contributed by atoms with E-state index in [0.717, 1.165) is 13.8 Å². The van der Waals surface area contributed by atoms with Crippen molar-refractivity contribution in [3.63, 3.8) is 0 Å². The van der Waals surface area contributed by atoms with Gasteiger partial charge < -0.3 is 0 Å². The van der Waals surface area contributed by atoms with Crippen LogP contribution in [0, 0.1) is 5.41 Å². The van der Waals surface area contributed by atoms with Crippen LogP contribution >= 0.6 is 0 Å². The van der Waals surface area contributed by atoms with E-state index in [1.807, 2.05) is 0 Å². The van der Waals surface area contributed by atoms with Gasteiger partial charge in [0.15, 0.2) is 23.3 Å². The first-order chi connectivity index (χ1) is 6.27. The number of hydrogen-bond acceptors (Lipinski definition) is 0. The van der Waals surface area contributed by atoms with Gasteiger partial charge in [-0.1, -0.05) is 0 Å². The largest absolute Gasteiger partial charge is 0.208 e. The quantitative estimate of drug-likeness (QED) is 0.526. The molecule has 0 atom stereocenters. The Morgan fingerprint density at radius 3 is 1.86 bits per heavy atom. The van der Waals surface area contributed by atoms with Crippen LogP contribution in [0.5, 0.6) is 0 Å². The monoisotopic (exact) mass is 210 g/mol. The molecule has 0 fully saturated rings. The second-order valence-electron chi connectivity index (χ2n) is 3.47. The van der Waals surface area contributed by atoms with E-state index in [2.05, 4.69) is 0 Å². The molecule has 78 valence electrons. The Bertz CT molecular complexity index is 359. The maximum Gasteiger partial charge on any atom is 0.200 e. The number of allylic oxidation sites excluding steroid dienone is 6. The van der Waals surface area contributed by atoms with Gasteiger partial charge in [-0.05, 0) is 19.9 Å². The Morgan fingerprint density at radius 1 is 0.857 bits per heavy atom. The summed E-state index contributed by atoms with van der Waals surface area (Å²) in [6.07, 6.45) is 0.490. The molecule has 0 bridgehead atoms. The van der Waals surface area contributed by atoms with Crippen LogP contribution in [0.3, 0.4) is 0 Å². The molecule has 0 aromatic carbocycles. The molecule has 5 heteroatoms. The molecule has 0 saturated heterocycles. The molecule has 0 aliphatic heterocycles. The molecule has 0 amide bonds. The van der Waals surface area contributed by atoms with E-state index in [0.29, 0.717) is 6.08 Å². The third-order valence-electron chi connectivity index (χ3n) is 1.84. The highest BCUT2D eigenvalue weighted by atomic mass is 19.2. The molecular formula is C9H7F5. The third kappa shape index (κ3) is 1.58. The standard InChI is InChI=1S/C9H7F5/c1-9(2)3-4(10)5(11)6(12)7(13)8(9)14/h3H,1-2H3. The van der Waals surface area contributed by atoms with Crippen molar-refractivity contribution in [2.45, 2.75) is 13.8 Å². The average molecular weight is 210 g/mol. The number of rotatable bonds is 0. The van der Waals surface area contributed by atoms with Gasteiger partial charge in [0.05, 0.1) is 0 Å². The Morgan fingerprint density at radius 2 is 1.36 bits per heavy atom. The normalized spacial score (nSPS) is 22.4. The van der Waals surface area contributed by atoms with Gasteiger partial charge in [-0.2, -0.15) is 0 Å². The zero-order valence-electron chi connectivity index (χ0n) is 7.47. The van der Waals surface area contributed by atoms with Gasteiger partial charge in [-0.3, -0.25) is 0 Å². The number of halogens is 5. The van der Waals surface area contributed by atoms with Crippen LogP contribution in [-0.4, -0.2) is 0 Å². The molecule has 0 radical (unpaired) electrons. The van der Waals surface area contributed by atoms with Crippen molar-refractivity contribution in [3.8, 4) is 0 Å². The maximum absolute atomic E-state index is 13.1. The first-order valence-electron chi connectivity index (χ1n) is 3.77. The predicted molar refractivity (Wildman–Crippen MR) is 41.5 cm³/mol. The van der Waals surface area contributed by atoms with Crippen molar-refractivity contribution >= 4 is 0 Å². The molecule has 1 aliphatic carbocycles. The van der Waals surface area contributed by atoms with Crippen molar-refractivity contribution in [1.29, 1.82) is 0 Å². The van der Waals surface area contributed by atoms with Crippen LogP contribution in [0.1, 0.15) is 13.8 Å². The van der Waals surface area contributed by atoms with E-state index in [9.17, 15) is 22.0 Å². The predicted octanol–water partition coefficient (Wildman–Crippen LogP) is 4.18. The van der Waals surface area contributed by atoms with E-state index in [-0.39, 0.29) is 0 Å². The van der Waals surface area contributed by atoms with Gasteiger partial charge in [-0.15, -0.1) is 0 Å². The van der Waals surface area contributed by atoms with Crippen LogP contribution in [0.25, 0.3) is 0 Å². The van der Waals surface area contributed by atoms with Gasteiger partial charge >= 0.3 is 0 Å². The summed E-state index contributed by atoms with van der Waals surface area (Å²) in [6.45, 7) is 2.21. The Hall–Kier alpha value is -1.13. The summed E-state index contributed by atoms with van der Waals surface area (Å²) in [4.78, 5) is 0. The number of hydrogen-bond donors (Lipinski definition) is 0. The first kappa shape index (κ1) is 10.9. The highest BCUT2D eigenvalue weighted by Gasteiger charge is 2.34. The Balaban J connectivity index is 3.46. The summed E-state index contributed by atoms with van der Waals surface area (Å²) in [7, 11) is 0. The lowest BCUT2D eigenvalue weighted by atomic mass is 9.91. The molecule has 0 unspecified atom stereocenters. The van der Waals surface area contributed by atoms with Gasteiger partial charge in [0.25, 0.3) is 0 Å². The van der Waals surface area contributed by atoms with Crippen LogP contribution < -0.4 is 0 Å². The lowest BCUT2D eigenvalue weighted by Crippen LogP contribution is -2.09. The maximum atomic E-state index is 13.1. The Kier molecular flexibility index (Phi) is 2.52. The zero-order valence-corrected chi connectivity index (χ0v) is 7.47. The molecule has 0 spiro atoms. The lowest BCUT2D eigenvalue weighted by molar-refractivity contribution is 0.384. The molecule has 14 heavy (non-hydrogen) atoms. The highest BCUT2D eigenvalue weighted by molar-refractivity contribution is 5.40. The second-order valence-corrected chi connectivity index (χ2v) is 3.47. The molecule has 0 N–H and O–H groups in total. The van der Waals surface area contributed by atoms with Crippen molar-refractivity contribution in [3.05, 3.63) is 35.2 Å². The summed E-state index contributed by atoms with van der Waals surface area (Å²) in [5.74, 6) is -9.27. The van der Waals surface area contributed by atoms with Gasteiger partial charge in [-0.25, -0.2) is 22.0 Å². The van der Waals surface area contributed by atoms with Crippen LogP contribution in [-0.2, 0) is 0 Å². The summed E-state index contributed by atoms with van der Waals surface area (Å²) >= 11 is 0. The van der Waals surface area contributed by atoms with E-state index >= 15 is 0 Å². The molecule has 1 aliphatic rings. The van der Waals surface area contributed by atoms with Gasteiger partial charge in [0.1, 0.15) is 5.83 Å². The van der Waals surface area contributed by atoms with E-state index < -0.39 is 34.5 Å². The topological polar surface area (TPSA) is 0 Å². The Labute approximate surface area is 77.4 Å². The second kappa shape index (κ2) is 3.22. The smallest absolute Gasteiger partial charge is 0.200 e. The highest BCUT2D eigenvalue weighted by Crippen LogP contribution is 2.41. The summed E-state index contributed by atoms with van der Waals surface area (Å²) in [5, 5.41) is 0. The van der Waals surface area contributed by atoms with E-state index in [1.165, 1.54) is 0 Å². The lowest BCUT2D eigenvalue weighted by Gasteiger charge is -2.16. The molecule has 0 heterocycles. The van der Waals surface area contributed by atoms with E-state index in [1.54, 1.807) is 0 Å². The minimum atomic E-state index is -2.14.